The van der Waals surface area contributed by atoms with Crippen LogP contribution in [0.2, 0.25) is 0 Å². The van der Waals surface area contributed by atoms with Gasteiger partial charge in [0.1, 0.15) is 0 Å². The van der Waals surface area contributed by atoms with Gasteiger partial charge in [0.05, 0.1) is 5.56 Å². The zero-order valence-electron chi connectivity index (χ0n) is 7.35. The Labute approximate surface area is 78.5 Å². The summed E-state index contributed by atoms with van der Waals surface area (Å²) in [5, 5.41) is 0. The van der Waals surface area contributed by atoms with Crippen LogP contribution in [0.15, 0.2) is 18.2 Å². The summed E-state index contributed by atoms with van der Waals surface area (Å²) in [5.74, 6) is -0.648. The molecular formula is C9H8F3NO. The van der Waals surface area contributed by atoms with E-state index in [0.29, 0.717) is 0 Å². The zero-order valence-corrected chi connectivity index (χ0v) is 7.35. The van der Waals surface area contributed by atoms with Crippen molar-refractivity contribution in [1.82, 2.24) is 0 Å². The lowest BCUT2D eigenvalue weighted by Crippen LogP contribution is -2.12. The van der Waals surface area contributed by atoms with Gasteiger partial charge in [-0.15, -0.1) is 0 Å². The van der Waals surface area contributed by atoms with Crippen molar-refractivity contribution in [2.45, 2.75) is 13.1 Å². The highest BCUT2D eigenvalue weighted by Gasteiger charge is 2.34. The van der Waals surface area contributed by atoms with Crippen molar-refractivity contribution in [3.63, 3.8) is 0 Å². The molecule has 1 rings (SSSR count). The fourth-order valence-electron chi connectivity index (χ4n) is 1.10. The number of hydrogen-bond donors (Lipinski definition) is 1. The number of alkyl halides is 3. The molecule has 0 spiro atoms. The van der Waals surface area contributed by atoms with E-state index < -0.39 is 23.1 Å². The number of benzene rings is 1. The summed E-state index contributed by atoms with van der Waals surface area (Å²) in [6.07, 6.45) is -4.52. The number of ketones is 1. The Bertz CT molecular complexity index is 371. The van der Waals surface area contributed by atoms with Crippen molar-refractivity contribution in [3.8, 4) is 0 Å². The first-order valence-corrected chi connectivity index (χ1v) is 3.80. The van der Waals surface area contributed by atoms with E-state index in [0.717, 1.165) is 25.1 Å². The normalized spacial score (nSPS) is 11.4. The first kappa shape index (κ1) is 10.6. The number of carbonyl (C=O) groups excluding carboxylic acids is 1. The first-order valence-electron chi connectivity index (χ1n) is 3.80. The number of halogens is 3. The molecule has 0 aliphatic carbocycles. The molecule has 5 heteroatoms. The van der Waals surface area contributed by atoms with E-state index in [1.54, 1.807) is 0 Å². The van der Waals surface area contributed by atoms with Gasteiger partial charge in [0, 0.05) is 11.3 Å². The smallest absolute Gasteiger partial charge is 0.399 e. The number of rotatable bonds is 1. The molecule has 1 aromatic rings. The highest BCUT2D eigenvalue weighted by Crippen LogP contribution is 2.32. The first-order chi connectivity index (χ1) is 6.32. The van der Waals surface area contributed by atoms with Crippen molar-refractivity contribution in [2.24, 2.45) is 0 Å². The van der Waals surface area contributed by atoms with Crippen LogP contribution >= 0.6 is 0 Å². The third-order valence-corrected chi connectivity index (χ3v) is 1.73. The summed E-state index contributed by atoms with van der Waals surface area (Å²) in [5.41, 5.74) is 4.09. The standard InChI is InChI=1S/C9H8F3NO/c1-5(14)7-4-6(13)2-3-8(7)9(10,11)12/h2-4H,13H2,1H3. The van der Waals surface area contributed by atoms with E-state index in [-0.39, 0.29) is 5.69 Å². The minimum Gasteiger partial charge on any atom is -0.399 e. The number of nitrogens with two attached hydrogens (primary N) is 1. The summed E-state index contributed by atoms with van der Waals surface area (Å²) in [4.78, 5) is 10.9. The van der Waals surface area contributed by atoms with Gasteiger partial charge in [0.15, 0.2) is 5.78 Å². The molecule has 0 radical (unpaired) electrons. The third-order valence-electron chi connectivity index (χ3n) is 1.73. The topological polar surface area (TPSA) is 43.1 Å². The van der Waals surface area contributed by atoms with Crippen LogP contribution in [0.5, 0.6) is 0 Å². The molecule has 0 saturated carbocycles. The Morgan fingerprint density at radius 3 is 2.36 bits per heavy atom. The van der Waals surface area contributed by atoms with Crippen LogP contribution in [0.4, 0.5) is 18.9 Å². The van der Waals surface area contributed by atoms with Crippen LogP contribution < -0.4 is 5.73 Å². The predicted octanol–water partition coefficient (Wildman–Crippen LogP) is 2.49. The summed E-state index contributed by atoms with van der Waals surface area (Å²) in [7, 11) is 0. The number of anilines is 1. The molecule has 76 valence electrons. The van der Waals surface area contributed by atoms with Crippen LogP contribution in [-0.2, 0) is 6.18 Å². The Balaban J connectivity index is 3.37. The van der Waals surface area contributed by atoms with Crippen LogP contribution in [0.1, 0.15) is 22.8 Å². The average Bonchev–Trinajstić information content (AvgIpc) is 2.01. The number of hydrogen-bond acceptors (Lipinski definition) is 2. The molecule has 2 N–H and O–H groups in total. The Kier molecular flexibility index (Phi) is 2.51. The van der Waals surface area contributed by atoms with Gasteiger partial charge in [0.25, 0.3) is 0 Å². The lowest BCUT2D eigenvalue weighted by molar-refractivity contribution is -0.137. The van der Waals surface area contributed by atoms with Gasteiger partial charge in [-0.05, 0) is 25.1 Å². The molecule has 2 nitrogen and oxygen atoms in total. The minimum absolute atomic E-state index is 0.142. The Morgan fingerprint density at radius 2 is 1.93 bits per heavy atom. The third kappa shape index (κ3) is 2.04. The molecule has 0 aliphatic rings. The second-order valence-electron chi connectivity index (χ2n) is 2.86. The number of nitrogen functional groups attached to an aromatic ring is 1. The highest BCUT2D eigenvalue weighted by atomic mass is 19.4. The molecule has 0 amide bonds. The molecule has 1 aromatic carbocycles. The van der Waals surface area contributed by atoms with Crippen molar-refractivity contribution >= 4 is 11.5 Å². The molecular weight excluding hydrogens is 195 g/mol. The number of Topliss-reactive ketones (excluding diaryl/α,β-unsaturated/α-hetero) is 1. The summed E-state index contributed by atoms with van der Waals surface area (Å²) in [6.45, 7) is 1.07. The molecule has 0 atom stereocenters. The van der Waals surface area contributed by atoms with Crippen molar-refractivity contribution in [3.05, 3.63) is 29.3 Å². The highest BCUT2D eigenvalue weighted by molar-refractivity contribution is 5.96. The summed E-state index contributed by atoms with van der Waals surface area (Å²) in [6, 6.07) is 2.96. The zero-order chi connectivity index (χ0) is 10.9. The second kappa shape index (κ2) is 3.32. The molecule has 0 saturated heterocycles. The fraction of sp³-hybridized carbons (Fsp3) is 0.222. The van der Waals surface area contributed by atoms with Gasteiger partial charge in [-0.3, -0.25) is 4.79 Å². The largest absolute Gasteiger partial charge is 0.417 e. The van der Waals surface area contributed by atoms with E-state index in [1.807, 2.05) is 0 Å². The van der Waals surface area contributed by atoms with E-state index in [9.17, 15) is 18.0 Å². The van der Waals surface area contributed by atoms with Gasteiger partial charge >= 0.3 is 6.18 Å². The fourth-order valence-corrected chi connectivity index (χ4v) is 1.10. The second-order valence-corrected chi connectivity index (χ2v) is 2.86. The van der Waals surface area contributed by atoms with Gasteiger partial charge in [-0.25, -0.2) is 0 Å². The number of carbonyl (C=O) groups is 1. The lowest BCUT2D eigenvalue weighted by atomic mass is 10.0. The molecule has 0 aromatic heterocycles. The van der Waals surface area contributed by atoms with E-state index in [4.69, 9.17) is 5.73 Å². The average molecular weight is 203 g/mol. The van der Waals surface area contributed by atoms with Crippen LogP contribution in [-0.4, -0.2) is 5.78 Å². The summed E-state index contributed by atoms with van der Waals surface area (Å²) >= 11 is 0. The lowest BCUT2D eigenvalue weighted by Gasteiger charge is -2.10. The molecule has 14 heavy (non-hydrogen) atoms. The van der Waals surface area contributed by atoms with Gasteiger partial charge in [-0.2, -0.15) is 13.2 Å². The maximum absolute atomic E-state index is 12.3. The monoisotopic (exact) mass is 203 g/mol. The van der Waals surface area contributed by atoms with E-state index >= 15 is 0 Å². The quantitative estimate of drug-likeness (QED) is 0.562. The Morgan fingerprint density at radius 1 is 1.36 bits per heavy atom. The molecule has 0 unspecified atom stereocenters. The van der Waals surface area contributed by atoms with Crippen LogP contribution in [0.25, 0.3) is 0 Å². The van der Waals surface area contributed by atoms with Crippen LogP contribution in [0, 0.1) is 0 Å². The SMILES string of the molecule is CC(=O)c1cc(N)ccc1C(F)(F)F. The summed E-state index contributed by atoms with van der Waals surface area (Å²) < 4.78 is 37.0. The van der Waals surface area contributed by atoms with Crippen LogP contribution in [0.3, 0.4) is 0 Å². The molecule has 0 bridgehead atoms. The Hall–Kier alpha value is -1.52. The van der Waals surface area contributed by atoms with Crippen molar-refractivity contribution in [2.75, 3.05) is 5.73 Å². The van der Waals surface area contributed by atoms with E-state index in [1.165, 1.54) is 0 Å². The van der Waals surface area contributed by atoms with Gasteiger partial charge in [-0.1, -0.05) is 0 Å². The van der Waals surface area contributed by atoms with Gasteiger partial charge in [0.2, 0.25) is 0 Å². The molecule has 0 aliphatic heterocycles. The van der Waals surface area contributed by atoms with Crippen molar-refractivity contribution in [1.29, 1.82) is 0 Å². The maximum Gasteiger partial charge on any atom is 0.417 e. The molecule has 0 fully saturated rings. The maximum atomic E-state index is 12.3. The predicted molar refractivity (Wildman–Crippen MR) is 45.9 cm³/mol. The van der Waals surface area contributed by atoms with E-state index in [2.05, 4.69) is 0 Å². The van der Waals surface area contributed by atoms with Crippen molar-refractivity contribution < 1.29 is 18.0 Å². The molecule has 0 heterocycles. The minimum atomic E-state index is -4.52. The van der Waals surface area contributed by atoms with Gasteiger partial charge < -0.3 is 5.73 Å².